The fourth-order valence-corrected chi connectivity index (χ4v) is 3.18. The van der Waals surface area contributed by atoms with Gasteiger partial charge in [-0.2, -0.15) is 0 Å². The number of morpholine rings is 1. The van der Waals surface area contributed by atoms with Gasteiger partial charge in [0.15, 0.2) is 0 Å². The Morgan fingerprint density at radius 2 is 1.96 bits per heavy atom. The summed E-state index contributed by atoms with van der Waals surface area (Å²) in [5.41, 5.74) is 3.70. The summed E-state index contributed by atoms with van der Waals surface area (Å²) in [4.78, 5) is 26.6. The minimum Gasteiger partial charge on any atom is -0.370 e. The van der Waals surface area contributed by atoms with Gasteiger partial charge in [-0.05, 0) is 38.0 Å². The molecule has 25 heavy (non-hydrogen) atoms. The molecule has 2 aromatic rings. The normalized spacial score (nSPS) is 20.6. The lowest BCUT2D eigenvalue weighted by molar-refractivity contribution is -0.0489. The number of hydrogen-bond donors (Lipinski definition) is 0. The molecular formula is C20H24N2O3. The molecule has 1 aromatic heterocycles. The fraction of sp³-hybridized carbons (Fsp3) is 0.400. The number of aryl methyl sites for hydroxylation is 3. The molecule has 132 valence electrons. The molecule has 1 aliphatic rings. The van der Waals surface area contributed by atoms with E-state index in [4.69, 9.17) is 4.74 Å². The van der Waals surface area contributed by atoms with Crippen LogP contribution in [0.2, 0.25) is 0 Å². The zero-order chi connectivity index (χ0) is 18.1. The number of benzene rings is 1. The molecule has 2 atom stereocenters. The molecule has 0 aliphatic carbocycles. The molecule has 0 bridgehead atoms. The molecule has 1 aliphatic heterocycles. The molecule has 1 saturated heterocycles. The Bertz CT molecular complexity index is 856. The maximum Gasteiger partial charge on any atom is 0.254 e. The highest BCUT2D eigenvalue weighted by Crippen LogP contribution is 2.28. The Labute approximate surface area is 147 Å². The molecule has 0 radical (unpaired) electrons. The van der Waals surface area contributed by atoms with E-state index in [1.165, 1.54) is 16.2 Å². The molecule has 0 spiro atoms. The number of aromatic nitrogens is 1. The number of amides is 1. The number of carbonyl (C=O) groups excluding carboxylic acids is 1. The van der Waals surface area contributed by atoms with E-state index in [1.807, 2.05) is 11.8 Å². The molecule has 1 fully saturated rings. The van der Waals surface area contributed by atoms with Crippen LogP contribution in [0.3, 0.4) is 0 Å². The van der Waals surface area contributed by atoms with E-state index in [2.05, 4.69) is 32.0 Å². The van der Waals surface area contributed by atoms with Crippen LogP contribution in [0.1, 0.15) is 40.1 Å². The van der Waals surface area contributed by atoms with Gasteiger partial charge in [0.25, 0.3) is 11.5 Å². The highest BCUT2D eigenvalue weighted by molar-refractivity contribution is 5.94. The van der Waals surface area contributed by atoms with Crippen molar-refractivity contribution in [2.45, 2.75) is 32.9 Å². The van der Waals surface area contributed by atoms with Crippen molar-refractivity contribution >= 4 is 5.91 Å². The quantitative estimate of drug-likeness (QED) is 0.844. The third kappa shape index (κ3) is 3.51. The second-order valence-electron chi connectivity index (χ2n) is 6.85. The van der Waals surface area contributed by atoms with Crippen molar-refractivity contribution in [2.75, 3.05) is 13.2 Å². The number of pyridine rings is 1. The first-order chi connectivity index (χ1) is 11.9. The summed E-state index contributed by atoms with van der Waals surface area (Å²) in [6.07, 6.45) is 1.48. The largest absolute Gasteiger partial charge is 0.370 e. The summed E-state index contributed by atoms with van der Waals surface area (Å²) in [6, 6.07) is 9.34. The predicted octanol–water partition coefficient (Wildman–Crippen LogP) is 2.60. The van der Waals surface area contributed by atoms with Gasteiger partial charge < -0.3 is 14.2 Å². The summed E-state index contributed by atoms with van der Waals surface area (Å²) in [7, 11) is 1.67. The summed E-state index contributed by atoms with van der Waals surface area (Å²) in [6.45, 7) is 7.05. The van der Waals surface area contributed by atoms with Gasteiger partial charge in [-0.3, -0.25) is 9.59 Å². The highest BCUT2D eigenvalue weighted by atomic mass is 16.5. The van der Waals surface area contributed by atoms with Crippen LogP contribution < -0.4 is 5.56 Å². The molecular weight excluding hydrogens is 316 g/mol. The lowest BCUT2D eigenvalue weighted by Gasteiger charge is -2.38. The topological polar surface area (TPSA) is 51.5 Å². The van der Waals surface area contributed by atoms with Crippen molar-refractivity contribution in [3.8, 4) is 0 Å². The monoisotopic (exact) mass is 340 g/mol. The maximum atomic E-state index is 12.9. The van der Waals surface area contributed by atoms with E-state index in [9.17, 15) is 9.59 Å². The second-order valence-corrected chi connectivity index (χ2v) is 6.85. The lowest BCUT2D eigenvalue weighted by atomic mass is 9.98. The van der Waals surface area contributed by atoms with Gasteiger partial charge in [-0.25, -0.2) is 0 Å². The second kappa shape index (κ2) is 6.84. The Balaban J connectivity index is 1.87. The maximum absolute atomic E-state index is 12.9. The zero-order valence-electron chi connectivity index (χ0n) is 15.2. The fourth-order valence-electron chi connectivity index (χ4n) is 3.18. The van der Waals surface area contributed by atoms with Crippen molar-refractivity contribution < 1.29 is 9.53 Å². The van der Waals surface area contributed by atoms with Gasteiger partial charge in [0.2, 0.25) is 0 Å². The molecule has 2 heterocycles. The van der Waals surface area contributed by atoms with E-state index in [1.54, 1.807) is 19.3 Å². The first kappa shape index (κ1) is 17.4. The summed E-state index contributed by atoms with van der Waals surface area (Å²) in [5.74, 6) is -0.121. The van der Waals surface area contributed by atoms with E-state index < -0.39 is 0 Å². The van der Waals surface area contributed by atoms with Gasteiger partial charge in [0, 0.05) is 24.9 Å². The van der Waals surface area contributed by atoms with Crippen LogP contribution in [0.4, 0.5) is 0 Å². The highest BCUT2D eigenvalue weighted by Gasteiger charge is 2.31. The Kier molecular flexibility index (Phi) is 4.77. The van der Waals surface area contributed by atoms with Crippen LogP contribution in [0, 0.1) is 13.8 Å². The molecule has 1 aromatic carbocycles. The van der Waals surface area contributed by atoms with Gasteiger partial charge in [0.1, 0.15) is 6.10 Å². The van der Waals surface area contributed by atoms with Crippen molar-refractivity contribution in [2.24, 2.45) is 7.05 Å². The SMILES string of the molecule is Cc1ccc(C)c([C@@H]2CN(C(=O)c3ccn(C)c(=O)c3)[C@@H](C)CO2)c1. The zero-order valence-corrected chi connectivity index (χ0v) is 15.2. The summed E-state index contributed by atoms with van der Waals surface area (Å²) in [5, 5.41) is 0. The summed E-state index contributed by atoms with van der Waals surface area (Å²) >= 11 is 0. The average Bonchev–Trinajstić information content (AvgIpc) is 2.59. The lowest BCUT2D eigenvalue weighted by Crippen LogP contribution is -2.48. The van der Waals surface area contributed by atoms with Crippen molar-refractivity contribution in [1.82, 2.24) is 9.47 Å². The van der Waals surface area contributed by atoms with Crippen LogP contribution in [0.25, 0.3) is 0 Å². The molecule has 5 heteroatoms. The van der Waals surface area contributed by atoms with Crippen molar-refractivity contribution in [1.29, 1.82) is 0 Å². The van der Waals surface area contributed by atoms with Crippen LogP contribution >= 0.6 is 0 Å². The molecule has 3 rings (SSSR count). The predicted molar refractivity (Wildman–Crippen MR) is 96.8 cm³/mol. The molecule has 5 nitrogen and oxygen atoms in total. The first-order valence-corrected chi connectivity index (χ1v) is 8.53. The van der Waals surface area contributed by atoms with E-state index in [0.717, 1.165) is 11.1 Å². The standard InChI is InChI=1S/C20H24N2O3/c1-13-5-6-14(2)17(9-13)18-11-22(15(3)12-25-18)20(24)16-7-8-21(4)19(23)10-16/h5-10,15,18H,11-12H2,1-4H3/t15-,18-/m0/s1. The molecule has 0 saturated carbocycles. The Morgan fingerprint density at radius 1 is 1.20 bits per heavy atom. The number of hydrogen-bond acceptors (Lipinski definition) is 3. The third-order valence-corrected chi connectivity index (χ3v) is 4.83. The van der Waals surface area contributed by atoms with Crippen LogP contribution in [-0.4, -0.2) is 34.6 Å². The van der Waals surface area contributed by atoms with Crippen LogP contribution in [0.15, 0.2) is 41.3 Å². The smallest absolute Gasteiger partial charge is 0.254 e. The van der Waals surface area contributed by atoms with Gasteiger partial charge in [-0.15, -0.1) is 0 Å². The summed E-state index contributed by atoms with van der Waals surface area (Å²) < 4.78 is 7.47. The number of rotatable bonds is 2. The van der Waals surface area contributed by atoms with Crippen LogP contribution in [-0.2, 0) is 11.8 Å². The van der Waals surface area contributed by atoms with E-state index >= 15 is 0 Å². The van der Waals surface area contributed by atoms with Gasteiger partial charge in [-0.1, -0.05) is 23.8 Å². The Morgan fingerprint density at radius 3 is 2.68 bits per heavy atom. The minimum atomic E-state index is -0.183. The third-order valence-electron chi connectivity index (χ3n) is 4.83. The minimum absolute atomic E-state index is 0.0297. The van der Waals surface area contributed by atoms with Crippen molar-refractivity contribution in [3.05, 3.63) is 69.1 Å². The number of carbonyl (C=O) groups is 1. The molecule has 1 amide bonds. The van der Waals surface area contributed by atoms with Gasteiger partial charge >= 0.3 is 0 Å². The first-order valence-electron chi connectivity index (χ1n) is 8.53. The number of ether oxygens (including phenoxy) is 1. The van der Waals surface area contributed by atoms with E-state index in [0.29, 0.717) is 18.7 Å². The average molecular weight is 340 g/mol. The van der Waals surface area contributed by atoms with Gasteiger partial charge in [0.05, 0.1) is 19.2 Å². The van der Waals surface area contributed by atoms with Crippen LogP contribution in [0.5, 0.6) is 0 Å². The molecule has 0 unspecified atom stereocenters. The Hall–Kier alpha value is -2.40. The number of nitrogens with zero attached hydrogens (tertiary/aromatic N) is 2. The van der Waals surface area contributed by atoms with Crippen molar-refractivity contribution in [3.63, 3.8) is 0 Å². The van der Waals surface area contributed by atoms with E-state index in [-0.39, 0.29) is 23.6 Å². The molecule has 0 N–H and O–H groups in total.